The molecule has 1 heterocycles. The molecule has 3 aromatic rings. The van der Waals surface area contributed by atoms with Gasteiger partial charge in [-0.25, -0.2) is 10.5 Å². The SMILES string of the molecule is O=C(C=Cc1ccc(OCCCc2nc3ccccc3[nH]2)cc1)NO. The largest absolute Gasteiger partial charge is 0.494 e. The first-order valence-corrected chi connectivity index (χ1v) is 8.03. The lowest BCUT2D eigenvalue weighted by Crippen LogP contribution is -2.14. The van der Waals surface area contributed by atoms with E-state index in [0.29, 0.717) is 6.61 Å². The Hall–Kier alpha value is -3.12. The minimum absolute atomic E-state index is 0.564. The number of carbonyl (C=O) groups is 1. The van der Waals surface area contributed by atoms with E-state index in [1.165, 1.54) is 6.08 Å². The van der Waals surface area contributed by atoms with Gasteiger partial charge in [-0.05, 0) is 42.3 Å². The van der Waals surface area contributed by atoms with Crippen LogP contribution in [0.25, 0.3) is 17.1 Å². The molecule has 6 heteroatoms. The number of hydrogen-bond donors (Lipinski definition) is 3. The van der Waals surface area contributed by atoms with E-state index in [9.17, 15) is 4.79 Å². The Morgan fingerprint density at radius 2 is 2.00 bits per heavy atom. The summed E-state index contributed by atoms with van der Waals surface area (Å²) in [7, 11) is 0. The number of nitrogens with zero attached hydrogens (tertiary/aromatic N) is 1. The Bertz CT molecular complexity index is 836. The second kappa shape index (κ2) is 8.12. The van der Waals surface area contributed by atoms with Gasteiger partial charge < -0.3 is 9.72 Å². The van der Waals surface area contributed by atoms with E-state index in [2.05, 4.69) is 9.97 Å². The molecule has 3 N–H and O–H groups in total. The summed E-state index contributed by atoms with van der Waals surface area (Å²) < 4.78 is 5.72. The fraction of sp³-hybridized carbons (Fsp3) is 0.158. The molecule has 0 aliphatic heterocycles. The number of ether oxygens (including phenoxy) is 1. The van der Waals surface area contributed by atoms with E-state index >= 15 is 0 Å². The van der Waals surface area contributed by atoms with E-state index in [0.717, 1.165) is 41.0 Å². The molecule has 6 nitrogen and oxygen atoms in total. The lowest BCUT2D eigenvalue weighted by atomic mass is 10.2. The summed E-state index contributed by atoms with van der Waals surface area (Å²) in [5.41, 5.74) is 4.43. The van der Waals surface area contributed by atoms with Gasteiger partial charge in [0.05, 0.1) is 17.6 Å². The van der Waals surface area contributed by atoms with Crippen molar-refractivity contribution in [3.63, 3.8) is 0 Å². The van der Waals surface area contributed by atoms with Crippen molar-refractivity contribution >= 4 is 23.0 Å². The zero-order valence-corrected chi connectivity index (χ0v) is 13.6. The summed E-state index contributed by atoms with van der Waals surface area (Å²) in [6.45, 7) is 0.596. The quantitative estimate of drug-likeness (QED) is 0.268. The number of aromatic amines is 1. The number of rotatable bonds is 7. The average Bonchev–Trinajstić information content (AvgIpc) is 3.07. The Morgan fingerprint density at radius 1 is 1.20 bits per heavy atom. The molecule has 0 saturated heterocycles. The van der Waals surface area contributed by atoms with Gasteiger partial charge in [0.2, 0.25) is 0 Å². The lowest BCUT2D eigenvalue weighted by molar-refractivity contribution is -0.124. The molecule has 3 rings (SSSR count). The maximum Gasteiger partial charge on any atom is 0.267 e. The van der Waals surface area contributed by atoms with E-state index in [1.807, 2.05) is 48.5 Å². The van der Waals surface area contributed by atoms with Gasteiger partial charge in [-0.1, -0.05) is 24.3 Å². The van der Waals surface area contributed by atoms with E-state index < -0.39 is 5.91 Å². The Kier molecular flexibility index (Phi) is 5.43. The van der Waals surface area contributed by atoms with Crippen LogP contribution in [0.1, 0.15) is 17.8 Å². The number of amides is 1. The van der Waals surface area contributed by atoms with Crippen LogP contribution in [0.3, 0.4) is 0 Å². The minimum atomic E-state index is -0.564. The van der Waals surface area contributed by atoms with Gasteiger partial charge >= 0.3 is 0 Å². The molecular weight excluding hydrogens is 318 g/mol. The zero-order valence-electron chi connectivity index (χ0n) is 13.6. The van der Waals surface area contributed by atoms with Gasteiger partial charge in [-0.15, -0.1) is 0 Å². The Morgan fingerprint density at radius 3 is 2.76 bits per heavy atom. The van der Waals surface area contributed by atoms with Crippen molar-refractivity contribution in [1.82, 2.24) is 15.4 Å². The Labute approximate surface area is 145 Å². The lowest BCUT2D eigenvalue weighted by Gasteiger charge is -2.05. The Balaban J connectivity index is 1.45. The van der Waals surface area contributed by atoms with E-state index in [1.54, 1.807) is 11.6 Å². The summed E-state index contributed by atoms with van der Waals surface area (Å²) in [5.74, 6) is 1.17. The highest BCUT2D eigenvalue weighted by atomic mass is 16.5. The van der Waals surface area contributed by atoms with Crippen molar-refractivity contribution < 1.29 is 14.7 Å². The summed E-state index contributed by atoms with van der Waals surface area (Å²) in [6.07, 6.45) is 4.55. The van der Waals surface area contributed by atoms with Crippen molar-refractivity contribution in [2.45, 2.75) is 12.8 Å². The maximum absolute atomic E-state index is 10.9. The number of fused-ring (bicyclic) bond motifs is 1. The number of para-hydroxylation sites is 2. The van der Waals surface area contributed by atoms with Gasteiger partial charge in [-0.2, -0.15) is 0 Å². The second-order valence-electron chi connectivity index (χ2n) is 5.53. The smallest absolute Gasteiger partial charge is 0.267 e. The average molecular weight is 337 g/mol. The normalized spacial score (nSPS) is 11.1. The highest BCUT2D eigenvalue weighted by molar-refractivity contribution is 5.90. The number of hydroxylamine groups is 1. The summed E-state index contributed by atoms with van der Waals surface area (Å²) in [5, 5.41) is 8.42. The number of imidazole rings is 1. The first-order valence-electron chi connectivity index (χ1n) is 8.03. The first-order chi connectivity index (χ1) is 12.2. The summed E-state index contributed by atoms with van der Waals surface area (Å²) in [6, 6.07) is 15.4. The van der Waals surface area contributed by atoms with Crippen LogP contribution in [0.4, 0.5) is 0 Å². The van der Waals surface area contributed by atoms with Crippen molar-refractivity contribution in [3.05, 3.63) is 66.0 Å². The third-order valence-corrected chi connectivity index (χ3v) is 3.68. The molecular formula is C19H19N3O3. The summed E-state index contributed by atoms with van der Waals surface area (Å²) in [4.78, 5) is 18.8. The van der Waals surface area contributed by atoms with Gasteiger partial charge in [0.25, 0.3) is 5.91 Å². The number of benzene rings is 2. The van der Waals surface area contributed by atoms with E-state index in [4.69, 9.17) is 9.94 Å². The zero-order chi connectivity index (χ0) is 17.5. The highest BCUT2D eigenvalue weighted by Gasteiger charge is 2.02. The molecule has 0 aliphatic rings. The predicted octanol–water partition coefficient (Wildman–Crippen LogP) is 3.09. The van der Waals surface area contributed by atoms with Crippen LogP contribution in [0.15, 0.2) is 54.6 Å². The predicted molar refractivity (Wildman–Crippen MR) is 95.3 cm³/mol. The van der Waals surface area contributed by atoms with Crippen LogP contribution >= 0.6 is 0 Å². The fourth-order valence-corrected chi connectivity index (χ4v) is 2.44. The van der Waals surface area contributed by atoms with Crippen molar-refractivity contribution in [2.24, 2.45) is 0 Å². The number of aryl methyl sites for hydroxylation is 1. The van der Waals surface area contributed by atoms with Crippen LogP contribution in [-0.4, -0.2) is 27.7 Å². The van der Waals surface area contributed by atoms with Crippen LogP contribution in [0, 0.1) is 0 Å². The second-order valence-corrected chi connectivity index (χ2v) is 5.53. The fourth-order valence-electron chi connectivity index (χ4n) is 2.44. The van der Waals surface area contributed by atoms with Crippen molar-refractivity contribution in [3.8, 4) is 5.75 Å². The van der Waals surface area contributed by atoms with Gasteiger partial charge in [0.15, 0.2) is 0 Å². The standard InChI is InChI=1S/C19H19N3O3/c23-19(22-24)12-9-14-7-10-15(11-8-14)25-13-3-6-18-20-16-4-1-2-5-17(16)21-18/h1-2,4-5,7-12,24H,3,6,13H2,(H,20,21)(H,22,23). The third-order valence-electron chi connectivity index (χ3n) is 3.68. The molecule has 0 radical (unpaired) electrons. The molecule has 0 unspecified atom stereocenters. The molecule has 0 aliphatic carbocycles. The number of carbonyl (C=O) groups excluding carboxylic acids is 1. The third kappa shape index (κ3) is 4.68. The first kappa shape index (κ1) is 16.7. The molecule has 1 aromatic heterocycles. The van der Waals surface area contributed by atoms with Crippen LogP contribution in [0.2, 0.25) is 0 Å². The minimum Gasteiger partial charge on any atom is -0.494 e. The monoisotopic (exact) mass is 337 g/mol. The molecule has 0 spiro atoms. The molecule has 0 atom stereocenters. The van der Waals surface area contributed by atoms with Gasteiger partial charge in [0, 0.05) is 12.5 Å². The number of H-pyrrole nitrogens is 1. The molecule has 0 bridgehead atoms. The van der Waals surface area contributed by atoms with Gasteiger partial charge in [0.1, 0.15) is 11.6 Å². The summed E-state index contributed by atoms with van der Waals surface area (Å²) >= 11 is 0. The molecule has 1 amide bonds. The topological polar surface area (TPSA) is 87.2 Å². The number of aromatic nitrogens is 2. The number of hydrogen-bond acceptors (Lipinski definition) is 4. The van der Waals surface area contributed by atoms with Gasteiger partial charge in [-0.3, -0.25) is 10.0 Å². The maximum atomic E-state index is 10.9. The van der Waals surface area contributed by atoms with Crippen LogP contribution < -0.4 is 10.2 Å². The molecule has 0 fully saturated rings. The van der Waals surface area contributed by atoms with Crippen LogP contribution in [0.5, 0.6) is 5.75 Å². The molecule has 0 saturated carbocycles. The van der Waals surface area contributed by atoms with Crippen molar-refractivity contribution in [2.75, 3.05) is 6.61 Å². The van der Waals surface area contributed by atoms with Crippen LogP contribution in [-0.2, 0) is 11.2 Å². The molecule has 128 valence electrons. The molecule has 25 heavy (non-hydrogen) atoms. The van der Waals surface area contributed by atoms with E-state index in [-0.39, 0.29) is 0 Å². The number of nitrogens with one attached hydrogen (secondary N) is 2. The van der Waals surface area contributed by atoms with Crippen molar-refractivity contribution in [1.29, 1.82) is 0 Å². The molecule has 2 aromatic carbocycles. The highest BCUT2D eigenvalue weighted by Crippen LogP contribution is 2.15.